The monoisotopic (exact) mass is 240 g/mol. The van der Waals surface area contributed by atoms with Crippen LogP contribution in [0.15, 0.2) is 74.4 Å². The maximum Gasteiger partial charge on any atom is -0.0138 e. The summed E-state index contributed by atoms with van der Waals surface area (Å²) in [4.78, 5) is 0. The number of hydrogen-bond acceptors (Lipinski definition) is 0. The third-order valence-corrected chi connectivity index (χ3v) is 2.60. The van der Waals surface area contributed by atoms with Crippen LogP contribution in [0.3, 0.4) is 0 Å². The van der Waals surface area contributed by atoms with Crippen molar-refractivity contribution < 1.29 is 0 Å². The molecule has 96 valence electrons. The Bertz CT molecular complexity index is 413. The molecule has 0 unspecified atom stereocenters. The smallest absolute Gasteiger partial charge is 0.0138 e. The van der Waals surface area contributed by atoms with Gasteiger partial charge in [0.15, 0.2) is 0 Å². The first-order chi connectivity index (χ1) is 8.32. The highest BCUT2D eigenvalue weighted by Crippen LogP contribution is 2.23. The van der Waals surface area contributed by atoms with Gasteiger partial charge in [0.1, 0.15) is 0 Å². The van der Waals surface area contributed by atoms with Crippen molar-refractivity contribution in [3.8, 4) is 0 Å². The summed E-state index contributed by atoms with van der Waals surface area (Å²) in [5, 5.41) is 0. The fraction of sp³-hybridized carbons (Fsp3) is 0.222. The molecule has 0 saturated heterocycles. The molecule has 1 aromatic carbocycles. The minimum Gasteiger partial charge on any atom is -0.0988 e. The second-order valence-electron chi connectivity index (χ2n) is 5.07. The fourth-order valence-corrected chi connectivity index (χ4v) is 1.08. The molecule has 0 heterocycles. The van der Waals surface area contributed by atoms with Gasteiger partial charge in [-0.2, -0.15) is 0 Å². The molecule has 0 aromatic heterocycles. The Morgan fingerprint density at radius 3 is 1.72 bits per heavy atom. The summed E-state index contributed by atoms with van der Waals surface area (Å²) in [5.41, 5.74) is 3.40. The Hall–Kier alpha value is -1.82. The molecule has 0 fully saturated rings. The van der Waals surface area contributed by atoms with Crippen molar-refractivity contribution >= 4 is 5.57 Å². The molecule has 0 aliphatic rings. The summed E-state index contributed by atoms with van der Waals surface area (Å²) in [5.74, 6) is 0. The average Bonchev–Trinajstić information content (AvgIpc) is 2.37. The Morgan fingerprint density at radius 1 is 0.944 bits per heavy atom. The zero-order valence-corrected chi connectivity index (χ0v) is 11.9. The van der Waals surface area contributed by atoms with Crippen molar-refractivity contribution in [2.24, 2.45) is 5.41 Å². The van der Waals surface area contributed by atoms with Gasteiger partial charge in [-0.25, -0.2) is 0 Å². The van der Waals surface area contributed by atoms with Crippen LogP contribution in [-0.4, -0.2) is 0 Å². The van der Waals surface area contributed by atoms with Gasteiger partial charge in [0.2, 0.25) is 0 Å². The highest BCUT2D eigenvalue weighted by Gasteiger charge is 2.10. The van der Waals surface area contributed by atoms with E-state index in [-0.39, 0.29) is 5.41 Å². The molecule has 0 bridgehead atoms. The molecule has 0 saturated carbocycles. The predicted molar refractivity (Wildman–Crippen MR) is 84.5 cm³/mol. The summed E-state index contributed by atoms with van der Waals surface area (Å²) in [7, 11) is 0. The van der Waals surface area contributed by atoms with Crippen molar-refractivity contribution in [2.75, 3.05) is 0 Å². The van der Waals surface area contributed by atoms with Gasteiger partial charge in [0, 0.05) is 0 Å². The molecule has 1 rings (SSSR count). The largest absolute Gasteiger partial charge is 0.0988 e. The second kappa shape index (κ2) is 7.50. The quantitative estimate of drug-likeness (QED) is 0.598. The molecule has 0 aliphatic carbocycles. The fourth-order valence-electron chi connectivity index (χ4n) is 1.08. The van der Waals surface area contributed by atoms with Gasteiger partial charge < -0.3 is 0 Å². The average molecular weight is 240 g/mol. The molecule has 0 radical (unpaired) electrons. The van der Waals surface area contributed by atoms with E-state index >= 15 is 0 Å². The van der Waals surface area contributed by atoms with Gasteiger partial charge >= 0.3 is 0 Å². The summed E-state index contributed by atoms with van der Waals surface area (Å²) in [6.07, 6.45) is 3.56. The van der Waals surface area contributed by atoms with Gasteiger partial charge in [0.25, 0.3) is 0 Å². The Balaban J connectivity index is 0.000000331. The van der Waals surface area contributed by atoms with Gasteiger partial charge in [-0.1, -0.05) is 95.1 Å². The Labute approximate surface area is 112 Å². The van der Waals surface area contributed by atoms with Crippen LogP contribution in [0.5, 0.6) is 0 Å². The van der Waals surface area contributed by atoms with Crippen LogP contribution in [0.2, 0.25) is 0 Å². The zero-order valence-electron chi connectivity index (χ0n) is 11.9. The predicted octanol–water partition coefficient (Wildman–Crippen LogP) is 5.66. The number of benzene rings is 1. The topological polar surface area (TPSA) is 0 Å². The number of hydrogen-bond donors (Lipinski definition) is 0. The van der Waals surface area contributed by atoms with E-state index in [1.165, 1.54) is 0 Å². The summed E-state index contributed by atoms with van der Waals surface area (Å²) in [6, 6.07) is 10.0. The Kier molecular flexibility index (Phi) is 6.74. The maximum absolute atomic E-state index is 3.83. The van der Waals surface area contributed by atoms with E-state index in [9.17, 15) is 0 Å². The van der Waals surface area contributed by atoms with Crippen LogP contribution >= 0.6 is 0 Å². The van der Waals surface area contributed by atoms with Gasteiger partial charge in [-0.3, -0.25) is 0 Å². The summed E-state index contributed by atoms with van der Waals surface area (Å²) < 4.78 is 0. The second-order valence-corrected chi connectivity index (χ2v) is 5.07. The Morgan fingerprint density at radius 2 is 1.44 bits per heavy atom. The normalized spacial score (nSPS) is 9.72. The molecule has 18 heavy (non-hydrogen) atoms. The first-order valence-electron chi connectivity index (χ1n) is 6.01. The van der Waals surface area contributed by atoms with Crippen molar-refractivity contribution in [1.82, 2.24) is 0 Å². The number of rotatable bonds is 3. The van der Waals surface area contributed by atoms with E-state index in [2.05, 4.69) is 47.1 Å². The molecule has 0 heteroatoms. The lowest BCUT2D eigenvalue weighted by Gasteiger charge is -2.17. The molecule has 0 aliphatic heterocycles. The molecular formula is C18H24. The van der Waals surface area contributed by atoms with Crippen LogP contribution in [0.1, 0.15) is 26.3 Å². The van der Waals surface area contributed by atoms with Gasteiger partial charge in [-0.05, 0) is 16.6 Å². The molecule has 0 atom stereocenters. The van der Waals surface area contributed by atoms with Crippen LogP contribution in [-0.2, 0) is 0 Å². The van der Waals surface area contributed by atoms with E-state index < -0.39 is 0 Å². The molecule has 0 spiro atoms. The third-order valence-electron chi connectivity index (χ3n) is 2.60. The van der Waals surface area contributed by atoms with Crippen molar-refractivity contribution in [3.63, 3.8) is 0 Å². The van der Waals surface area contributed by atoms with Gasteiger partial charge in [0.05, 0.1) is 0 Å². The third kappa shape index (κ3) is 6.05. The van der Waals surface area contributed by atoms with Crippen LogP contribution in [0, 0.1) is 5.41 Å². The highest BCUT2D eigenvalue weighted by atomic mass is 14.1. The van der Waals surface area contributed by atoms with Crippen molar-refractivity contribution in [1.29, 1.82) is 0 Å². The lowest BCUT2D eigenvalue weighted by atomic mass is 9.88. The SMILES string of the molecule is C=CC(=C)C(C)(C)C.C=CC(=C)c1ccccc1. The molecule has 1 aromatic rings. The maximum atomic E-state index is 3.83. The van der Waals surface area contributed by atoms with Crippen molar-refractivity contribution in [3.05, 3.63) is 79.9 Å². The van der Waals surface area contributed by atoms with Crippen LogP contribution in [0.25, 0.3) is 5.57 Å². The standard InChI is InChI=1S/C10H10.C8H14/c1-3-9(2)10-7-5-4-6-8-10;1-6-7(2)8(3,4)5/h3-8H,1-2H2;6H,1-2H2,3-5H3. The van der Waals surface area contributed by atoms with E-state index in [0.717, 1.165) is 16.7 Å². The highest BCUT2D eigenvalue weighted by molar-refractivity contribution is 5.71. The molecule has 0 nitrogen and oxygen atoms in total. The van der Waals surface area contributed by atoms with Gasteiger partial charge in [-0.15, -0.1) is 0 Å². The number of allylic oxidation sites excluding steroid dienone is 4. The van der Waals surface area contributed by atoms with E-state index in [1.807, 2.05) is 30.3 Å². The molecule has 0 N–H and O–H groups in total. The minimum absolute atomic E-state index is 0.196. The zero-order chi connectivity index (χ0) is 14.2. The minimum atomic E-state index is 0.196. The van der Waals surface area contributed by atoms with Crippen LogP contribution in [0.4, 0.5) is 0 Å². The van der Waals surface area contributed by atoms with E-state index in [4.69, 9.17) is 0 Å². The summed E-state index contributed by atoms with van der Waals surface area (Å²) >= 11 is 0. The lowest BCUT2D eigenvalue weighted by molar-refractivity contribution is 0.519. The first-order valence-corrected chi connectivity index (χ1v) is 6.01. The first kappa shape index (κ1) is 16.2. The molecular weight excluding hydrogens is 216 g/mol. The van der Waals surface area contributed by atoms with Crippen molar-refractivity contribution in [2.45, 2.75) is 20.8 Å². The lowest BCUT2D eigenvalue weighted by Crippen LogP contribution is -2.05. The molecule has 0 amide bonds. The van der Waals surface area contributed by atoms with Crippen LogP contribution < -0.4 is 0 Å². The van der Waals surface area contributed by atoms with E-state index in [1.54, 1.807) is 12.2 Å². The summed E-state index contributed by atoms with van der Waals surface area (Å²) in [6.45, 7) is 21.3. The van der Waals surface area contributed by atoms with E-state index in [0.29, 0.717) is 0 Å².